The summed E-state index contributed by atoms with van der Waals surface area (Å²) in [6.07, 6.45) is 4.55. The number of nitrogens with zero attached hydrogens (tertiary/aromatic N) is 2. The summed E-state index contributed by atoms with van der Waals surface area (Å²) in [5.74, 6) is 0. The predicted molar refractivity (Wildman–Crippen MR) is 60.7 cm³/mol. The average molecular weight is 284 g/mol. The monoisotopic (exact) mass is 284 g/mol. The molecule has 2 aromatic rings. The first-order chi connectivity index (χ1) is 6.34. The van der Waals surface area contributed by atoms with Crippen molar-refractivity contribution < 1.29 is 0 Å². The number of hydrogen-bond donors (Lipinski definition) is 0. The van der Waals surface area contributed by atoms with Crippen LogP contribution in [0, 0.1) is 3.57 Å². The minimum Gasteiger partial charge on any atom is -0.262 e. The second kappa shape index (κ2) is 2.70. The van der Waals surface area contributed by atoms with Crippen LogP contribution in [0.2, 0.25) is 0 Å². The van der Waals surface area contributed by atoms with E-state index in [0.29, 0.717) is 6.04 Å². The van der Waals surface area contributed by atoms with Crippen molar-refractivity contribution in [3.05, 3.63) is 28.0 Å². The van der Waals surface area contributed by atoms with E-state index in [1.54, 1.807) is 0 Å². The van der Waals surface area contributed by atoms with E-state index in [0.717, 1.165) is 0 Å². The average Bonchev–Trinajstić information content (AvgIpc) is 2.87. The van der Waals surface area contributed by atoms with Crippen molar-refractivity contribution in [1.29, 1.82) is 0 Å². The fourth-order valence-electron chi connectivity index (χ4n) is 1.62. The van der Waals surface area contributed by atoms with Crippen molar-refractivity contribution in [3.8, 4) is 0 Å². The van der Waals surface area contributed by atoms with Gasteiger partial charge in [-0.25, -0.2) is 0 Å². The highest BCUT2D eigenvalue weighted by atomic mass is 127. The molecule has 1 aliphatic rings. The van der Waals surface area contributed by atoms with E-state index < -0.39 is 0 Å². The van der Waals surface area contributed by atoms with Crippen molar-refractivity contribution in [1.82, 2.24) is 9.78 Å². The van der Waals surface area contributed by atoms with E-state index in [1.807, 2.05) is 6.20 Å². The molecule has 0 amide bonds. The van der Waals surface area contributed by atoms with Gasteiger partial charge in [-0.3, -0.25) is 4.68 Å². The molecule has 3 heteroatoms. The Balaban J connectivity index is 2.29. The number of rotatable bonds is 1. The summed E-state index contributed by atoms with van der Waals surface area (Å²) in [7, 11) is 0. The lowest BCUT2D eigenvalue weighted by Gasteiger charge is -1.99. The molecule has 1 saturated carbocycles. The van der Waals surface area contributed by atoms with Gasteiger partial charge in [0.05, 0.1) is 17.8 Å². The van der Waals surface area contributed by atoms with E-state index in [4.69, 9.17) is 0 Å². The van der Waals surface area contributed by atoms with E-state index in [-0.39, 0.29) is 0 Å². The van der Waals surface area contributed by atoms with E-state index in [2.05, 4.69) is 50.6 Å². The van der Waals surface area contributed by atoms with Crippen molar-refractivity contribution in [2.75, 3.05) is 0 Å². The molecule has 1 fully saturated rings. The number of halogens is 1. The Morgan fingerprint density at radius 2 is 2.23 bits per heavy atom. The van der Waals surface area contributed by atoms with E-state index >= 15 is 0 Å². The number of benzene rings is 1. The van der Waals surface area contributed by atoms with Crippen molar-refractivity contribution in [2.24, 2.45) is 0 Å². The van der Waals surface area contributed by atoms with Crippen LogP contribution in [0.25, 0.3) is 10.9 Å². The molecule has 13 heavy (non-hydrogen) atoms. The zero-order chi connectivity index (χ0) is 8.84. The number of aromatic nitrogens is 2. The highest BCUT2D eigenvalue weighted by molar-refractivity contribution is 14.1. The first-order valence-corrected chi connectivity index (χ1v) is 5.55. The van der Waals surface area contributed by atoms with Gasteiger partial charge in [0, 0.05) is 8.96 Å². The van der Waals surface area contributed by atoms with Crippen LogP contribution in [0.3, 0.4) is 0 Å². The summed E-state index contributed by atoms with van der Waals surface area (Å²) in [6, 6.07) is 7.15. The molecule has 1 aromatic carbocycles. The Labute approximate surface area is 90.1 Å². The van der Waals surface area contributed by atoms with Crippen LogP contribution in [0.15, 0.2) is 24.4 Å². The van der Waals surface area contributed by atoms with Gasteiger partial charge in [0.25, 0.3) is 0 Å². The zero-order valence-electron chi connectivity index (χ0n) is 7.07. The SMILES string of the molecule is Ic1ccc2cnn(C3CC3)c2c1. The maximum absolute atomic E-state index is 4.41. The van der Waals surface area contributed by atoms with Crippen LogP contribution in [-0.2, 0) is 0 Å². The standard InChI is InChI=1S/C10H9IN2/c11-8-2-1-7-6-12-13(9-3-4-9)10(7)5-8/h1-2,5-6,9H,3-4H2. The van der Waals surface area contributed by atoms with Gasteiger partial charge in [0.2, 0.25) is 0 Å². The Kier molecular flexibility index (Phi) is 1.62. The van der Waals surface area contributed by atoms with Gasteiger partial charge in [-0.1, -0.05) is 6.07 Å². The Morgan fingerprint density at radius 1 is 1.38 bits per heavy atom. The highest BCUT2D eigenvalue weighted by Crippen LogP contribution is 2.36. The summed E-state index contributed by atoms with van der Waals surface area (Å²) < 4.78 is 3.45. The third-order valence-corrected chi connectivity index (χ3v) is 3.12. The Bertz CT molecular complexity index is 457. The molecule has 2 nitrogen and oxygen atoms in total. The molecule has 0 spiro atoms. The van der Waals surface area contributed by atoms with Crippen LogP contribution in [0.4, 0.5) is 0 Å². The summed E-state index contributed by atoms with van der Waals surface area (Å²) >= 11 is 2.34. The maximum Gasteiger partial charge on any atom is 0.0696 e. The largest absolute Gasteiger partial charge is 0.262 e. The minimum absolute atomic E-state index is 0.677. The molecule has 0 atom stereocenters. The molecule has 0 saturated heterocycles. The van der Waals surface area contributed by atoms with Gasteiger partial charge >= 0.3 is 0 Å². The van der Waals surface area contributed by atoms with Crippen LogP contribution >= 0.6 is 22.6 Å². The van der Waals surface area contributed by atoms with Crippen LogP contribution in [-0.4, -0.2) is 9.78 Å². The third kappa shape index (κ3) is 1.25. The maximum atomic E-state index is 4.41. The minimum atomic E-state index is 0.677. The lowest BCUT2D eigenvalue weighted by molar-refractivity contribution is 0.665. The van der Waals surface area contributed by atoms with Gasteiger partial charge in [-0.15, -0.1) is 0 Å². The highest BCUT2D eigenvalue weighted by Gasteiger charge is 2.25. The molecular weight excluding hydrogens is 275 g/mol. The van der Waals surface area contributed by atoms with Crippen molar-refractivity contribution in [3.63, 3.8) is 0 Å². The molecule has 1 aromatic heterocycles. The second-order valence-electron chi connectivity index (χ2n) is 3.52. The summed E-state index contributed by atoms with van der Waals surface area (Å²) in [5.41, 5.74) is 1.29. The fraction of sp³-hybridized carbons (Fsp3) is 0.300. The summed E-state index contributed by atoms with van der Waals surface area (Å²) in [5, 5.41) is 5.67. The quantitative estimate of drug-likeness (QED) is 0.736. The van der Waals surface area contributed by atoms with E-state index in [1.165, 1.54) is 27.3 Å². The number of hydrogen-bond acceptors (Lipinski definition) is 1. The molecule has 3 rings (SSSR count). The summed E-state index contributed by atoms with van der Waals surface area (Å²) in [6.45, 7) is 0. The van der Waals surface area contributed by atoms with Crippen LogP contribution in [0.1, 0.15) is 18.9 Å². The fourth-order valence-corrected chi connectivity index (χ4v) is 2.10. The molecular formula is C10H9IN2. The van der Waals surface area contributed by atoms with Gasteiger partial charge in [0.1, 0.15) is 0 Å². The Hall–Kier alpha value is -0.580. The topological polar surface area (TPSA) is 17.8 Å². The first kappa shape index (κ1) is 7.79. The smallest absolute Gasteiger partial charge is 0.0696 e. The molecule has 1 aliphatic carbocycles. The predicted octanol–water partition coefficient (Wildman–Crippen LogP) is 2.98. The molecule has 1 heterocycles. The van der Waals surface area contributed by atoms with Crippen molar-refractivity contribution in [2.45, 2.75) is 18.9 Å². The number of fused-ring (bicyclic) bond motifs is 1. The first-order valence-electron chi connectivity index (χ1n) is 4.47. The molecule has 0 radical (unpaired) electrons. The second-order valence-corrected chi connectivity index (χ2v) is 4.77. The third-order valence-electron chi connectivity index (χ3n) is 2.45. The lowest BCUT2D eigenvalue weighted by atomic mass is 10.2. The Morgan fingerprint density at radius 3 is 3.00 bits per heavy atom. The molecule has 0 bridgehead atoms. The van der Waals surface area contributed by atoms with Gasteiger partial charge in [-0.2, -0.15) is 5.10 Å². The van der Waals surface area contributed by atoms with Gasteiger partial charge < -0.3 is 0 Å². The van der Waals surface area contributed by atoms with Gasteiger partial charge in [-0.05, 0) is 47.6 Å². The van der Waals surface area contributed by atoms with Gasteiger partial charge in [0.15, 0.2) is 0 Å². The zero-order valence-corrected chi connectivity index (χ0v) is 9.23. The van der Waals surface area contributed by atoms with E-state index in [9.17, 15) is 0 Å². The van der Waals surface area contributed by atoms with Crippen LogP contribution < -0.4 is 0 Å². The van der Waals surface area contributed by atoms with Crippen LogP contribution in [0.5, 0.6) is 0 Å². The van der Waals surface area contributed by atoms with Crippen molar-refractivity contribution >= 4 is 33.5 Å². The molecule has 0 unspecified atom stereocenters. The molecule has 0 aliphatic heterocycles. The summed E-state index contributed by atoms with van der Waals surface area (Å²) in [4.78, 5) is 0. The lowest BCUT2D eigenvalue weighted by Crippen LogP contribution is -1.94. The molecule has 66 valence electrons. The molecule has 0 N–H and O–H groups in total. The normalized spacial score (nSPS) is 16.7.